The molecule has 3 aromatic rings. The van der Waals surface area contributed by atoms with Crippen molar-refractivity contribution in [2.24, 2.45) is 0 Å². The molecule has 0 spiro atoms. The molecule has 0 aromatic heterocycles. The first-order valence-corrected chi connectivity index (χ1v) is 13.3. The molecule has 0 fully saturated rings. The first kappa shape index (κ1) is 24.8. The third-order valence-corrected chi connectivity index (χ3v) is 7.61. The Morgan fingerprint density at radius 3 is 2.03 bits per heavy atom. The predicted molar refractivity (Wildman–Crippen MR) is 156 cm³/mol. The van der Waals surface area contributed by atoms with Crippen LogP contribution in [0.4, 0.5) is 5.69 Å². The van der Waals surface area contributed by atoms with Crippen molar-refractivity contribution in [3.63, 3.8) is 0 Å². The molecule has 37 heavy (non-hydrogen) atoms. The largest absolute Gasteiger partial charge is 0.457 e. The molecule has 0 amide bonds. The minimum absolute atomic E-state index is 0.0537. The van der Waals surface area contributed by atoms with Crippen molar-refractivity contribution < 1.29 is 9.31 Å². The number of rotatable bonds is 6. The molecule has 2 aliphatic heterocycles. The van der Waals surface area contributed by atoms with E-state index in [-0.39, 0.29) is 5.41 Å². The molecule has 2 heteroatoms. The van der Waals surface area contributed by atoms with E-state index in [2.05, 4.69) is 142 Å². The van der Waals surface area contributed by atoms with Crippen molar-refractivity contribution in [2.45, 2.75) is 46.0 Å². The summed E-state index contributed by atoms with van der Waals surface area (Å²) >= 11 is 0. The van der Waals surface area contributed by atoms with Crippen molar-refractivity contribution in [3.05, 3.63) is 137 Å². The first-order valence-electron chi connectivity index (χ1n) is 13.3. The van der Waals surface area contributed by atoms with Gasteiger partial charge in [-0.3, -0.25) is 0 Å². The van der Waals surface area contributed by atoms with E-state index >= 15 is 0 Å². The number of allylic oxidation sites excluding steroid dienone is 6. The Morgan fingerprint density at radius 2 is 1.41 bits per heavy atom. The molecule has 0 radical (unpaired) electrons. The molecular weight excluding hydrogens is 450 g/mol. The van der Waals surface area contributed by atoms with Gasteiger partial charge in [-0.05, 0) is 67.2 Å². The van der Waals surface area contributed by atoms with Gasteiger partial charge in [0.15, 0.2) is 5.71 Å². The molecule has 0 saturated heterocycles. The lowest BCUT2D eigenvalue weighted by atomic mass is 9.81. The zero-order valence-electron chi connectivity index (χ0n) is 22.6. The van der Waals surface area contributed by atoms with Crippen LogP contribution in [0.1, 0.15) is 55.5 Å². The van der Waals surface area contributed by atoms with Gasteiger partial charge in [0.1, 0.15) is 18.6 Å². The van der Waals surface area contributed by atoms with Crippen LogP contribution in [0.25, 0.3) is 11.3 Å². The minimum atomic E-state index is -0.0537. The molecular formula is C35H36NO+. The van der Waals surface area contributed by atoms with Crippen LogP contribution in [0.5, 0.6) is 0 Å². The Labute approximate surface area is 221 Å². The van der Waals surface area contributed by atoms with Crippen LogP contribution < -0.4 is 0 Å². The first-order chi connectivity index (χ1) is 17.9. The van der Waals surface area contributed by atoms with Crippen LogP contribution in [0.15, 0.2) is 109 Å². The Balaban J connectivity index is 1.49. The average molecular weight is 487 g/mol. The molecule has 0 bridgehead atoms. The molecule has 5 rings (SSSR count). The summed E-state index contributed by atoms with van der Waals surface area (Å²) in [4.78, 5) is 0. The molecule has 0 aliphatic carbocycles. The number of benzene rings is 3. The number of ether oxygens (including phenoxy) is 1. The zero-order valence-corrected chi connectivity index (χ0v) is 22.6. The van der Waals surface area contributed by atoms with Gasteiger partial charge in [-0.15, -0.1) is 0 Å². The quantitative estimate of drug-likeness (QED) is 0.319. The third kappa shape index (κ3) is 4.89. The summed E-state index contributed by atoms with van der Waals surface area (Å²) in [6.45, 7) is 8.95. The SMILES string of the molecule is CCc1ccc(C2=CC(=CC=CC3=[N+](C)c4ccccc4C3(C)C)OC(c3ccc(CC)cc3)=C2)cc1. The van der Waals surface area contributed by atoms with Gasteiger partial charge in [-0.1, -0.05) is 86.7 Å². The standard InChI is InChI=1S/C35H36NO/c1-6-25-15-19-27(20-16-25)29-23-30(37-33(24-29)28-21-17-26(7-2)18-22-28)11-10-14-34-35(3,4)31-12-8-9-13-32(31)36(34)5/h8-24H,6-7H2,1-5H3/q+1. The van der Waals surface area contributed by atoms with Gasteiger partial charge in [-0.2, -0.15) is 4.58 Å². The molecule has 0 N–H and O–H groups in total. The van der Waals surface area contributed by atoms with Crippen LogP contribution in [0.3, 0.4) is 0 Å². The number of nitrogens with zero attached hydrogens (tertiary/aromatic N) is 1. The lowest BCUT2D eigenvalue weighted by molar-refractivity contribution is -0.401. The number of para-hydroxylation sites is 1. The van der Waals surface area contributed by atoms with E-state index in [9.17, 15) is 0 Å². The highest BCUT2D eigenvalue weighted by Crippen LogP contribution is 2.39. The zero-order chi connectivity index (χ0) is 26.0. The molecule has 3 aromatic carbocycles. The van der Waals surface area contributed by atoms with E-state index in [0.29, 0.717) is 0 Å². The van der Waals surface area contributed by atoms with Gasteiger partial charge in [0.05, 0.1) is 5.41 Å². The minimum Gasteiger partial charge on any atom is -0.457 e. The van der Waals surface area contributed by atoms with E-state index in [1.165, 1.54) is 33.7 Å². The molecule has 0 atom stereocenters. The smallest absolute Gasteiger partial charge is 0.209 e. The van der Waals surface area contributed by atoms with E-state index in [4.69, 9.17) is 4.74 Å². The second-order valence-corrected chi connectivity index (χ2v) is 10.3. The third-order valence-electron chi connectivity index (χ3n) is 7.61. The fourth-order valence-electron chi connectivity index (χ4n) is 5.29. The highest BCUT2D eigenvalue weighted by atomic mass is 16.5. The monoisotopic (exact) mass is 486 g/mol. The van der Waals surface area contributed by atoms with Crippen molar-refractivity contribution in [1.29, 1.82) is 0 Å². The average Bonchev–Trinajstić information content (AvgIpc) is 3.13. The molecule has 2 nitrogen and oxygen atoms in total. The van der Waals surface area contributed by atoms with E-state index < -0.39 is 0 Å². The van der Waals surface area contributed by atoms with Gasteiger partial charge in [0.2, 0.25) is 5.69 Å². The second-order valence-electron chi connectivity index (χ2n) is 10.3. The lowest BCUT2D eigenvalue weighted by Crippen LogP contribution is -2.26. The van der Waals surface area contributed by atoms with Crippen molar-refractivity contribution in [3.8, 4) is 0 Å². The Kier molecular flexibility index (Phi) is 6.84. The van der Waals surface area contributed by atoms with E-state index in [1.54, 1.807) is 0 Å². The van der Waals surface area contributed by atoms with Crippen LogP contribution in [0, 0.1) is 0 Å². The maximum absolute atomic E-state index is 6.42. The number of aryl methyl sites for hydroxylation is 2. The van der Waals surface area contributed by atoms with Crippen LogP contribution in [0.2, 0.25) is 0 Å². The Morgan fingerprint density at radius 1 is 0.784 bits per heavy atom. The van der Waals surface area contributed by atoms with Crippen molar-refractivity contribution in [2.75, 3.05) is 7.05 Å². The fourth-order valence-corrected chi connectivity index (χ4v) is 5.29. The summed E-state index contributed by atoms with van der Waals surface area (Å²) in [7, 11) is 2.15. The van der Waals surface area contributed by atoms with Gasteiger partial charge in [0, 0.05) is 23.3 Å². The van der Waals surface area contributed by atoms with Gasteiger partial charge in [-0.25, -0.2) is 0 Å². The van der Waals surface area contributed by atoms with Crippen molar-refractivity contribution >= 4 is 22.7 Å². The predicted octanol–water partition coefficient (Wildman–Crippen LogP) is 8.41. The maximum atomic E-state index is 6.42. The molecule has 0 saturated carbocycles. The summed E-state index contributed by atoms with van der Waals surface area (Å²) < 4.78 is 8.71. The number of hydrogen-bond acceptors (Lipinski definition) is 1. The molecule has 186 valence electrons. The van der Waals surface area contributed by atoms with Crippen LogP contribution >= 0.6 is 0 Å². The summed E-state index contributed by atoms with van der Waals surface area (Å²) in [5.41, 5.74) is 9.95. The van der Waals surface area contributed by atoms with E-state index in [0.717, 1.165) is 35.5 Å². The Bertz CT molecular complexity index is 1460. The molecule has 2 heterocycles. The van der Waals surface area contributed by atoms with Gasteiger partial charge in [0.25, 0.3) is 0 Å². The van der Waals surface area contributed by atoms with Gasteiger partial charge >= 0.3 is 0 Å². The molecule has 0 unspecified atom stereocenters. The topological polar surface area (TPSA) is 12.2 Å². The normalized spacial score (nSPS) is 17.6. The van der Waals surface area contributed by atoms with Gasteiger partial charge < -0.3 is 4.74 Å². The summed E-state index contributed by atoms with van der Waals surface area (Å²) in [6.07, 6.45) is 12.8. The second kappa shape index (κ2) is 10.2. The highest BCUT2D eigenvalue weighted by molar-refractivity contribution is 6.03. The molecule has 2 aliphatic rings. The summed E-state index contributed by atoms with van der Waals surface area (Å²) in [5.74, 6) is 1.71. The van der Waals surface area contributed by atoms with E-state index in [1.807, 2.05) is 0 Å². The summed E-state index contributed by atoms with van der Waals surface area (Å²) in [5, 5.41) is 0. The summed E-state index contributed by atoms with van der Waals surface area (Å²) in [6, 6.07) is 26.2. The van der Waals surface area contributed by atoms with Crippen LogP contribution in [-0.4, -0.2) is 17.3 Å². The maximum Gasteiger partial charge on any atom is 0.209 e. The van der Waals surface area contributed by atoms with Crippen LogP contribution in [-0.2, 0) is 23.0 Å². The number of fused-ring (bicyclic) bond motifs is 1. The lowest BCUT2D eigenvalue weighted by Gasteiger charge is -2.19. The fraction of sp³-hybridized carbons (Fsp3) is 0.229. The van der Waals surface area contributed by atoms with Crippen molar-refractivity contribution in [1.82, 2.24) is 0 Å². The Hall–Kier alpha value is -3.91. The highest BCUT2D eigenvalue weighted by Gasteiger charge is 2.42. The number of hydrogen-bond donors (Lipinski definition) is 0.